The summed E-state index contributed by atoms with van der Waals surface area (Å²) in [5, 5.41) is 0.863. The van der Waals surface area contributed by atoms with Gasteiger partial charge in [-0.15, -0.1) is 0 Å². The lowest BCUT2D eigenvalue weighted by atomic mass is 9.63. The van der Waals surface area contributed by atoms with E-state index in [0.29, 0.717) is 0 Å². The first-order valence-corrected chi connectivity index (χ1v) is 8.89. The summed E-state index contributed by atoms with van der Waals surface area (Å²) in [5.41, 5.74) is 1.52. The summed E-state index contributed by atoms with van der Waals surface area (Å²) in [4.78, 5) is 0. The normalized spacial score (nSPS) is 33.7. The molecule has 1 aromatic rings. The van der Waals surface area contributed by atoms with E-state index >= 15 is 0 Å². The Bertz CT molecular complexity index is 422. The van der Waals surface area contributed by atoms with Crippen LogP contribution in [0.25, 0.3) is 0 Å². The Labute approximate surface area is 128 Å². The third kappa shape index (κ3) is 3.22. The molecule has 2 aliphatic rings. The van der Waals surface area contributed by atoms with Gasteiger partial charge in [0.15, 0.2) is 0 Å². The van der Waals surface area contributed by atoms with Crippen molar-refractivity contribution in [2.45, 2.75) is 64.2 Å². The van der Waals surface area contributed by atoms with Gasteiger partial charge in [0.2, 0.25) is 0 Å². The standard InChI is InChI=1S/C19H27Cl/c1-2-3-14-4-5-18-13-17(7-6-16(18)12-14)15-8-10-19(20)11-9-15/h8-11,14,16-18H,2-7,12-13H2,1H3. The van der Waals surface area contributed by atoms with Gasteiger partial charge >= 0.3 is 0 Å². The largest absolute Gasteiger partial charge is 0.0843 e. The van der Waals surface area contributed by atoms with Crippen molar-refractivity contribution >= 4 is 11.6 Å². The molecular weight excluding hydrogens is 264 g/mol. The van der Waals surface area contributed by atoms with E-state index < -0.39 is 0 Å². The number of halogens is 1. The van der Waals surface area contributed by atoms with Gasteiger partial charge in [-0.25, -0.2) is 0 Å². The first-order chi connectivity index (χ1) is 9.76. The molecule has 0 bridgehead atoms. The van der Waals surface area contributed by atoms with Crippen molar-refractivity contribution in [1.82, 2.24) is 0 Å². The summed E-state index contributed by atoms with van der Waals surface area (Å²) in [7, 11) is 0. The van der Waals surface area contributed by atoms with Crippen molar-refractivity contribution in [1.29, 1.82) is 0 Å². The first kappa shape index (κ1) is 14.4. The summed E-state index contributed by atoms with van der Waals surface area (Å²) in [5.74, 6) is 3.85. The fourth-order valence-electron chi connectivity index (χ4n) is 4.69. The van der Waals surface area contributed by atoms with Crippen LogP contribution in [0, 0.1) is 17.8 Å². The monoisotopic (exact) mass is 290 g/mol. The van der Waals surface area contributed by atoms with Gasteiger partial charge in [-0.3, -0.25) is 0 Å². The lowest BCUT2D eigenvalue weighted by Crippen LogP contribution is -2.30. The summed E-state index contributed by atoms with van der Waals surface area (Å²) in [6.45, 7) is 2.34. The zero-order valence-corrected chi connectivity index (χ0v) is 13.4. The number of rotatable bonds is 3. The molecule has 2 fully saturated rings. The van der Waals surface area contributed by atoms with E-state index in [-0.39, 0.29) is 0 Å². The maximum atomic E-state index is 6.01. The van der Waals surface area contributed by atoms with Crippen LogP contribution in [0.1, 0.15) is 69.8 Å². The molecule has 0 aliphatic heterocycles. The minimum atomic E-state index is 0.788. The Morgan fingerprint density at radius 2 is 1.65 bits per heavy atom. The van der Waals surface area contributed by atoms with Crippen molar-refractivity contribution in [2.75, 3.05) is 0 Å². The van der Waals surface area contributed by atoms with Gasteiger partial charge in [0.05, 0.1) is 0 Å². The molecule has 2 saturated carbocycles. The molecule has 4 atom stereocenters. The summed E-state index contributed by atoms with van der Waals surface area (Å²) in [6, 6.07) is 8.61. The Hall–Kier alpha value is -0.490. The number of hydrogen-bond donors (Lipinski definition) is 0. The van der Waals surface area contributed by atoms with Crippen LogP contribution in [0.2, 0.25) is 5.02 Å². The van der Waals surface area contributed by atoms with Crippen LogP contribution < -0.4 is 0 Å². The molecule has 0 nitrogen and oxygen atoms in total. The van der Waals surface area contributed by atoms with Crippen molar-refractivity contribution in [3.05, 3.63) is 34.9 Å². The average Bonchev–Trinajstić information content (AvgIpc) is 2.48. The zero-order valence-electron chi connectivity index (χ0n) is 12.7. The lowest BCUT2D eigenvalue weighted by Gasteiger charge is -2.42. The first-order valence-electron chi connectivity index (χ1n) is 8.51. The topological polar surface area (TPSA) is 0 Å². The number of fused-ring (bicyclic) bond motifs is 1. The second kappa shape index (κ2) is 6.52. The fraction of sp³-hybridized carbons (Fsp3) is 0.684. The van der Waals surface area contributed by atoms with Gasteiger partial charge in [-0.05, 0) is 73.5 Å². The minimum absolute atomic E-state index is 0.788. The minimum Gasteiger partial charge on any atom is -0.0843 e. The predicted octanol–water partition coefficient (Wildman–Crippen LogP) is 6.44. The Morgan fingerprint density at radius 3 is 2.40 bits per heavy atom. The molecule has 0 heterocycles. The van der Waals surface area contributed by atoms with Crippen molar-refractivity contribution in [3.8, 4) is 0 Å². The van der Waals surface area contributed by atoms with E-state index in [1.54, 1.807) is 0 Å². The van der Waals surface area contributed by atoms with Crippen LogP contribution in [0.3, 0.4) is 0 Å². The highest BCUT2D eigenvalue weighted by atomic mass is 35.5. The molecule has 110 valence electrons. The second-order valence-electron chi connectivity index (χ2n) is 7.05. The predicted molar refractivity (Wildman–Crippen MR) is 87.3 cm³/mol. The summed E-state index contributed by atoms with van der Waals surface area (Å²) < 4.78 is 0. The van der Waals surface area contributed by atoms with Gasteiger partial charge < -0.3 is 0 Å². The number of benzene rings is 1. The third-order valence-corrected chi connectivity index (χ3v) is 6.01. The van der Waals surface area contributed by atoms with Crippen LogP contribution in [-0.2, 0) is 0 Å². The van der Waals surface area contributed by atoms with Crippen LogP contribution in [0.4, 0.5) is 0 Å². The molecule has 3 rings (SSSR count). The molecule has 0 amide bonds. The van der Waals surface area contributed by atoms with E-state index in [1.807, 2.05) is 0 Å². The summed E-state index contributed by atoms with van der Waals surface area (Å²) in [6.07, 6.45) is 11.6. The second-order valence-corrected chi connectivity index (χ2v) is 7.49. The van der Waals surface area contributed by atoms with E-state index in [9.17, 15) is 0 Å². The number of hydrogen-bond acceptors (Lipinski definition) is 0. The van der Waals surface area contributed by atoms with Gasteiger partial charge in [-0.1, -0.05) is 49.9 Å². The molecule has 0 aromatic heterocycles. The molecule has 20 heavy (non-hydrogen) atoms. The van der Waals surface area contributed by atoms with Crippen LogP contribution >= 0.6 is 11.6 Å². The average molecular weight is 291 g/mol. The molecular formula is C19H27Cl. The summed E-state index contributed by atoms with van der Waals surface area (Å²) >= 11 is 6.01. The van der Waals surface area contributed by atoms with E-state index in [4.69, 9.17) is 11.6 Å². The van der Waals surface area contributed by atoms with E-state index in [1.165, 1.54) is 56.9 Å². The van der Waals surface area contributed by atoms with Gasteiger partial charge in [0.1, 0.15) is 0 Å². The van der Waals surface area contributed by atoms with Gasteiger partial charge in [0, 0.05) is 5.02 Å². The molecule has 1 aromatic carbocycles. The quantitative estimate of drug-likeness (QED) is 0.601. The van der Waals surface area contributed by atoms with Crippen molar-refractivity contribution in [3.63, 3.8) is 0 Å². The molecule has 0 spiro atoms. The molecule has 0 N–H and O–H groups in total. The van der Waals surface area contributed by atoms with E-state index in [0.717, 1.165) is 28.7 Å². The molecule has 1 heteroatoms. The van der Waals surface area contributed by atoms with Gasteiger partial charge in [0.25, 0.3) is 0 Å². The Balaban J connectivity index is 1.61. The zero-order chi connectivity index (χ0) is 13.9. The van der Waals surface area contributed by atoms with Crippen molar-refractivity contribution in [2.24, 2.45) is 17.8 Å². The Morgan fingerprint density at radius 1 is 0.950 bits per heavy atom. The highest BCUT2D eigenvalue weighted by Crippen LogP contribution is 2.48. The third-order valence-electron chi connectivity index (χ3n) is 5.76. The van der Waals surface area contributed by atoms with Gasteiger partial charge in [-0.2, -0.15) is 0 Å². The smallest absolute Gasteiger partial charge is 0.0406 e. The molecule has 4 unspecified atom stereocenters. The SMILES string of the molecule is CCCC1CCC2CC(c3ccc(Cl)cc3)CCC2C1. The molecule has 0 saturated heterocycles. The van der Waals surface area contributed by atoms with Crippen LogP contribution in [-0.4, -0.2) is 0 Å². The van der Waals surface area contributed by atoms with Crippen molar-refractivity contribution < 1.29 is 0 Å². The molecule has 2 aliphatic carbocycles. The lowest BCUT2D eigenvalue weighted by molar-refractivity contribution is 0.114. The van der Waals surface area contributed by atoms with E-state index in [2.05, 4.69) is 31.2 Å². The highest BCUT2D eigenvalue weighted by molar-refractivity contribution is 6.30. The maximum absolute atomic E-state index is 6.01. The fourth-order valence-corrected chi connectivity index (χ4v) is 4.82. The maximum Gasteiger partial charge on any atom is 0.0406 e. The Kier molecular flexibility index (Phi) is 4.71. The van der Waals surface area contributed by atoms with Crippen LogP contribution in [0.15, 0.2) is 24.3 Å². The molecule has 0 radical (unpaired) electrons. The highest BCUT2D eigenvalue weighted by Gasteiger charge is 2.35. The van der Waals surface area contributed by atoms with Crippen LogP contribution in [0.5, 0.6) is 0 Å².